The van der Waals surface area contributed by atoms with Crippen LogP contribution in [0.1, 0.15) is 15.9 Å². The molecule has 0 fully saturated rings. The molecular formula is C20H16ClNO3. The van der Waals surface area contributed by atoms with Crippen LogP contribution < -0.4 is 5.32 Å². The smallest absolute Gasteiger partial charge is 0.326 e. The van der Waals surface area contributed by atoms with E-state index in [1.165, 1.54) is 0 Å². The zero-order valence-electron chi connectivity index (χ0n) is 13.3. The first-order valence-electron chi connectivity index (χ1n) is 7.80. The number of fused-ring (bicyclic) bond motifs is 1. The van der Waals surface area contributed by atoms with E-state index in [4.69, 9.17) is 11.6 Å². The number of carboxylic acids is 1. The minimum Gasteiger partial charge on any atom is -0.480 e. The number of amides is 1. The van der Waals surface area contributed by atoms with E-state index in [-0.39, 0.29) is 6.42 Å². The molecular weight excluding hydrogens is 338 g/mol. The first kappa shape index (κ1) is 17.0. The van der Waals surface area contributed by atoms with E-state index >= 15 is 0 Å². The van der Waals surface area contributed by atoms with Gasteiger partial charge in [-0.2, -0.15) is 0 Å². The molecule has 0 saturated heterocycles. The Morgan fingerprint density at radius 1 is 0.960 bits per heavy atom. The van der Waals surface area contributed by atoms with E-state index in [9.17, 15) is 14.7 Å². The maximum atomic E-state index is 12.5. The second-order valence-corrected chi connectivity index (χ2v) is 6.19. The van der Waals surface area contributed by atoms with Gasteiger partial charge in [0.1, 0.15) is 6.04 Å². The van der Waals surface area contributed by atoms with Gasteiger partial charge in [0.15, 0.2) is 0 Å². The SMILES string of the molecule is O=C(N[C@H](Cc1ccc(Cl)cc1)C(=O)O)c1ccc2ccccc2c1. The van der Waals surface area contributed by atoms with Gasteiger partial charge < -0.3 is 10.4 Å². The molecule has 0 saturated carbocycles. The molecule has 25 heavy (non-hydrogen) atoms. The third kappa shape index (κ3) is 4.17. The lowest BCUT2D eigenvalue weighted by atomic mass is 10.0. The first-order valence-corrected chi connectivity index (χ1v) is 8.17. The topological polar surface area (TPSA) is 66.4 Å². The Bertz CT molecular complexity index is 922. The van der Waals surface area contributed by atoms with Crippen molar-refractivity contribution in [2.45, 2.75) is 12.5 Å². The van der Waals surface area contributed by atoms with Crippen molar-refractivity contribution in [3.63, 3.8) is 0 Å². The molecule has 0 unspecified atom stereocenters. The highest BCUT2D eigenvalue weighted by atomic mass is 35.5. The number of halogens is 1. The van der Waals surface area contributed by atoms with Crippen molar-refractivity contribution in [1.29, 1.82) is 0 Å². The van der Waals surface area contributed by atoms with Crippen molar-refractivity contribution in [2.24, 2.45) is 0 Å². The number of carbonyl (C=O) groups excluding carboxylic acids is 1. The first-order chi connectivity index (χ1) is 12.0. The predicted octanol–water partition coefficient (Wildman–Crippen LogP) is 3.92. The summed E-state index contributed by atoms with van der Waals surface area (Å²) in [4.78, 5) is 24.0. The molecule has 2 N–H and O–H groups in total. The molecule has 0 aliphatic rings. The van der Waals surface area contributed by atoms with E-state index in [0.29, 0.717) is 10.6 Å². The van der Waals surface area contributed by atoms with Gasteiger partial charge in [-0.1, -0.05) is 54.1 Å². The van der Waals surface area contributed by atoms with E-state index in [0.717, 1.165) is 16.3 Å². The average Bonchev–Trinajstić information content (AvgIpc) is 2.62. The highest BCUT2D eigenvalue weighted by Gasteiger charge is 2.21. The summed E-state index contributed by atoms with van der Waals surface area (Å²) in [5.74, 6) is -1.49. The van der Waals surface area contributed by atoms with Gasteiger partial charge in [0.05, 0.1) is 0 Å². The number of benzene rings is 3. The van der Waals surface area contributed by atoms with Gasteiger partial charge in [-0.3, -0.25) is 4.79 Å². The third-order valence-corrected chi connectivity index (χ3v) is 4.22. The highest BCUT2D eigenvalue weighted by molar-refractivity contribution is 6.30. The summed E-state index contributed by atoms with van der Waals surface area (Å²) in [5, 5.41) is 14.5. The summed E-state index contributed by atoms with van der Waals surface area (Å²) < 4.78 is 0. The van der Waals surface area contributed by atoms with Gasteiger partial charge >= 0.3 is 5.97 Å². The minimum atomic E-state index is -1.08. The highest BCUT2D eigenvalue weighted by Crippen LogP contribution is 2.16. The molecule has 0 bridgehead atoms. The Balaban J connectivity index is 1.77. The van der Waals surface area contributed by atoms with Crippen molar-refractivity contribution < 1.29 is 14.7 Å². The maximum absolute atomic E-state index is 12.5. The van der Waals surface area contributed by atoms with Crippen molar-refractivity contribution in [3.8, 4) is 0 Å². The molecule has 0 spiro atoms. The summed E-state index contributed by atoms with van der Waals surface area (Å²) in [6, 6.07) is 18.9. The van der Waals surface area contributed by atoms with Gasteiger partial charge in [0.25, 0.3) is 5.91 Å². The molecule has 3 aromatic carbocycles. The molecule has 0 aliphatic carbocycles. The van der Waals surface area contributed by atoms with Crippen LogP contribution in [0.5, 0.6) is 0 Å². The van der Waals surface area contributed by atoms with Crippen LogP contribution >= 0.6 is 11.6 Å². The van der Waals surface area contributed by atoms with Crippen molar-refractivity contribution in [3.05, 3.63) is 82.9 Å². The van der Waals surface area contributed by atoms with E-state index in [1.807, 2.05) is 30.3 Å². The Hall–Kier alpha value is -2.85. The van der Waals surface area contributed by atoms with Crippen LogP contribution in [0.4, 0.5) is 0 Å². The van der Waals surface area contributed by atoms with Crippen LogP contribution in [0, 0.1) is 0 Å². The number of carbonyl (C=O) groups is 2. The molecule has 0 aromatic heterocycles. The number of hydrogen-bond acceptors (Lipinski definition) is 2. The number of hydrogen-bond donors (Lipinski definition) is 2. The van der Waals surface area contributed by atoms with Crippen molar-refractivity contribution in [1.82, 2.24) is 5.32 Å². The van der Waals surface area contributed by atoms with Crippen LogP contribution in [0.3, 0.4) is 0 Å². The number of nitrogens with one attached hydrogen (secondary N) is 1. The minimum absolute atomic E-state index is 0.186. The maximum Gasteiger partial charge on any atom is 0.326 e. The molecule has 3 aromatic rings. The molecule has 0 aliphatic heterocycles. The fraction of sp³-hybridized carbons (Fsp3) is 0.100. The van der Waals surface area contributed by atoms with Gasteiger partial charge in [0.2, 0.25) is 0 Å². The van der Waals surface area contributed by atoms with E-state index < -0.39 is 17.9 Å². The second-order valence-electron chi connectivity index (χ2n) is 5.76. The normalized spacial score (nSPS) is 11.9. The lowest BCUT2D eigenvalue weighted by Gasteiger charge is -2.15. The van der Waals surface area contributed by atoms with Gasteiger partial charge in [-0.05, 0) is 40.6 Å². The summed E-state index contributed by atoms with van der Waals surface area (Å²) in [6.07, 6.45) is 0.186. The monoisotopic (exact) mass is 353 g/mol. The molecule has 1 amide bonds. The molecule has 5 heteroatoms. The molecule has 0 heterocycles. The lowest BCUT2D eigenvalue weighted by molar-refractivity contribution is -0.139. The standard InChI is InChI=1S/C20H16ClNO3/c21-17-9-5-13(6-10-17)11-18(20(24)25)22-19(23)16-8-7-14-3-1-2-4-15(14)12-16/h1-10,12,18H,11H2,(H,22,23)(H,24,25)/t18-/m1/s1. The van der Waals surface area contributed by atoms with Gasteiger partial charge in [-0.15, -0.1) is 0 Å². The summed E-state index contributed by atoms with van der Waals surface area (Å²) in [6.45, 7) is 0. The van der Waals surface area contributed by atoms with E-state index in [1.54, 1.807) is 36.4 Å². The van der Waals surface area contributed by atoms with Crippen molar-refractivity contribution >= 4 is 34.2 Å². The lowest BCUT2D eigenvalue weighted by Crippen LogP contribution is -2.42. The molecule has 3 rings (SSSR count). The average molecular weight is 354 g/mol. The predicted molar refractivity (Wildman–Crippen MR) is 98.0 cm³/mol. The Labute approximate surface area is 150 Å². The molecule has 1 atom stereocenters. The Kier molecular flexibility index (Phi) is 5.00. The zero-order chi connectivity index (χ0) is 17.8. The van der Waals surface area contributed by atoms with Crippen LogP contribution in [-0.2, 0) is 11.2 Å². The number of carboxylic acid groups (broad SMARTS) is 1. The number of aliphatic carboxylic acids is 1. The molecule has 0 radical (unpaired) electrons. The second kappa shape index (κ2) is 7.36. The van der Waals surface area contributed by atoms with E-state index in [2.05, 4.69) is 5.32 Å². The van der Waals surface area contributed by atoms with Crippen LogP contribution in [0.25, 0.3) is 10.8 Å². The quantitative estimate of drug-likeness (QED) is 0.730. The number of rotatable bonds is 5. The largest absolute Gasteiger partial charge is 0.480 e. The fourth-order valence-corrected chi connectivity index (χ4v) is 2.75. The molecule has 4 nitrogen and oxygen atoms in total. The Morgan fingerprint density at radius 2 is 1.64 bits per heavy atom. The van der Waals surface area contributed by atoms with Crippen molar-refractivity contribution in [2.75, 3.05) is 0 Å². The van der Waals surface area contributed by atoms with Crippen LogP contribution in [-0.4, -0.2) is 23.0 Å². The fourth-order valence-electron chi connectivity index (χ4n) is 2.63. The van der Waals surface area contributed by atoms with Crippen LogP contribution in [0.15, 0.2) is 66.7 Å². The van der Waals surface area contributed by atoms with Gasteiger partial charge in [0, 0.05) is 17.0 Å². The zero-order valence-corrected chi connectivity index (χ0v) is 14.0. The summed E-state index contributed by atoms with van der Waals surface area (Å²) >= 11 is 5.84. The Morgan fingerprint density at radius 3 is 2.32 bits per heavy atom. The summed E-state index contributed by atoms with van der Waals surface area (Å²) in [7, 11) is 0. The summed E-state index contributed by atoms with van der Waals surface area (Å²) in [5.41, 5.74) is 1.22. The van der Waals surface area contributed by atoms with Crippen LogP contribution in [0.2, 0.25) is 5.02 Å². The molecule has 126 valence electrons. The third-order valence-electron chi connectivity index (χ3n) is 3.97. The van der Waals surface area contributed by atoms with Gasteiger partial charge in [-0.25, -0.2) is 4.79 Å².